The zero-order valence-corrected chi connectivity index (χ0v) is 13.7. The van der Waals surface area contributed by atoms with Crippen LogP contribution in [0.15, 0.2) is 95.5 Å². The summed E-state index contributed by atoms with van der Waals surface area (Å²) < 4.78 is 1.13. The highest BCUT2D eigenvalue weighted by atomic mass is 79.9. The van der Waals surface area contributed by atoms with E-state index in [-0.39, 0.29) is 5.78 Å². The average molecular weight is 353 g/mol. The lowest BCUT2D eigenvalue weighted by Crippen LogP contribution is -2.02. The summed E-state index contributed by atoms with van der Waals surface area (Å²) >= 11 is 3.31. The lowest BCUT2D eigenvalue weighted by atomic mass is 10.0. The molecule has 0 aliphatic heterocycles. The fourth-order valence-electron chi connectivity index (χ4n) is 1.92. The summed E-state index contributed by atoms with van der Waals surface area (Å²) in [5, 5.41) is 0. The van der Waals surface area contributed by atoms with Gasteiger partial charge in [0.05, 0.1) is 0 Å². The average Bonchev–Trinajstić information content (AvgIpc) is 2.58. The Labute approximate surface area is 139 Å². The second-order valence-corrected chi connectivity index (χ2v) is 5.66. The SMILES string of the molecule is Brc1ccccc1.O=C(Cc1ccccc1)c1ccccc1. The highest BCUT2D eigenvalue weighted by Crippen LogP contribution is 2.07. The molecule has 0 heterocycles. The molecule has 0 bridgehead atoms. The molecule has 0 aliphatic rings. The van der Waals surface area contributed by atoms with Gasteiger partial charge in [-0.15, -0.1) is 0 Å². The summed E-state index contributed by atoms with van der Waals surface area (Å²) in [6, 6.07) is 29.2. The molecule has 0 amide bonds. The third-order valence-electron chi connectivity index (χ3n) is 3.04. The van der Waals surface area contributed by atoms with Crippen LogP contribution < -0.4 is 0 Å². The molecule has 0 unspecified atom stereocenters. The summed E-state index contributed by atoms with van der Waals surface area (Å²) in [5.74, 6) is 0.168. The van der Waals surface area contributed by atoms with Crippen molar-refractivity contribution in [2.75, 3.05) is 0 Å². The minimum atomic E-state index is 0.168. The Morgan fingerprint density at radius 2 is 1.14 bits per heavy atom. The van der Waals surface area contributed by atoms with Crippen LogP contribution in [0.1, 0.15) is 15.9 Å². The lowest BCUT2D eigenvalue weighted by Gasteiger charge is -2.00. The molecule has 0 saturated carbocycles. The quantitative estimate of drug-likeness (QED) is 0.563. The van der Waals surface area contributed by atoms with Crippen molar-refractivity contribution in [3.05, 3.63) is 107 Å². The molecule has 0 N–H and O–H groups in total. The molecule has 3 rings (SSSR count). The molecular weight excluding hydrogens is 336 g/mol. The highest BCUT2D eigenvalue weighted by molar-refractivity contribution is 9.10. The molecule has 0 fully saturated rings. The van der Waals surface area contributed by atoms with E-state index in [1.165, 1.54) is 0 Å². The van der Waals surface area contributed by atoms with Crippen molar-refractivity contribution in [2.24, 2.45) is 0 Å². The van der Waals surface area contributed by atoms with Gasteiger partial charge in [-0.3, -0.25) is 4.79 Å². The summed E-state index contributed by atoms with van der Waals surface area (Å²) in [6.07, 6.45) is 0.477. The van der Waals surface area contributed by atoms with E-state index < -0.39 is 0 Å². The van der Waals surface area contributed by atoms with Crippen LogP contribution >= 0.6 is 15.9 Å². The number of hydrogen-bond donors (Lipinski definition) is 0. The largest absolute Gasteiger partial charge is 0.294 e. The number of halogens is 1. The van der Waals surface area contributed by atoms with Crippen molar-refractivity contribution in [1.82, 2.24) is 0 Å². The first-order valence-electron chi connectivity index (χ1n) is 7.08. The van der Waals surface area contributed by atoms with E-state index in [0.29, 0.717) is 6.42 Å². The lowest BCUT2D eigenvalue weighted by molar-refractivity contribution is 0.0993. The number of rotatable bonds is 3. The topological polar surface area (TPSA) is 17.1 Å². The van der Waals surface area contributed by atoms with E-state index in [2.05, 4.69) is 15.9 Å². The zero-order chi connectivity index (χ0) is 15.6. The maximum atomic E-state index is 11.8. The Bertz CT molecular complexity index is 679. The first kappa shape index (κ1) is 16.2. The first-order valence-corrected chi connectivity index (χ1v) is 7.88. The van der Waals surface area contributed by atoms with Gasteiger partial charge >= 0.3 is 0 Å². The minimum Gasteiger partial charge on any atom is -0.294 e. The number of carbonyl (C=O) groups excluding carboxylic acids is 1. The number of hydrogen-bond acceptors (Lipinski definition) is 1. The number of benzene rings is 3. The molecule has 0 spiro atoms. The minimum absolute atomic E-state index is 0.168. The van der Waals surface area contributed by atoms with Gasteiger partial charge in [0.2, 0.25) is 0 Å². The number of Topliss-reactive ketones (excluding diaryl/α,β-unsaturated/α-hetero) is 1. The molecule has 3 aromatic carbocycles. The van der Waals surface area contributed by atoms with E-state index in [1.54, 1.807) is 0 Å². The Morgan fingerprint density at radius 3 is 1.59 bits per heavy atom. The van der Waals surface area contributed by atoms with Crippen molar-refractivity contribution in [1.29, 1.82) is 0 Å². The smallest absolute Gasteiger partial charge is 0.167 e. The maximum Gasteiger partial charge on any atom is 0.167 e. The van der Waals surface area contributed by atoms with Gasteiger partial charge in [0, 0.05) is 16.5 Å². The molecule has 3 aromatic rings. The van der Waals surface area contributed by atoms with Crippen LogP contribution in [-0.4, -0.2) is 5.78 Å². The molecule has 0 aliphatic carbocycles. The van der Waals surface area contributed by atoms with Crippen LogP contribution in [0.25, 0.3) is 0 Å². The van der Waals surface area contributed by atoms with Gasteiger partial charge in [0.25, 0.3) is 0 Å². The second kappa shape index (κ2) is 8.96. The van der Waals surface area contributed by atoms with Crippen LogP contribution in [0.5, 0.6) is 0 Å². The van der Waals surface area contributed by atoms with Crippen molar-refractivity contribution in [2.45, 2.75) is 6.42 Å². The van der Waals surface area contributed by atoms with Crippen molar-refractivity contribution in [3.8, 4) is 0 Å². The second-order valence-electron chi connectivity index (χ2n) is 4.75. The standard InChI is InChI=1S/C14H12O.C6H5Br/c15-14(13-9-5-2-6-10-13)11-12-7-3-1-4-8-12;7-6-4-2-1-3-5-6/h1-10H,11H2;1-5H. The summed E-state index contributed by atoms with van der Waals surface area (Å²) in [4.78, 5) is 11.8. The molecule has 1 nitrogen and oxygen atoms in total. The monoisotopic (exact) mass is 352 g/mol. The summed E-state index contributed by atoms with van der Waals surface area (Å²) in [7, 11) is 0. The van der Waals surface area contributed by atoms with Crippen LogP contribution in [0.3, 0.4) is 0 Å². The van der Waals surface area contributed by atoms with Crippen LogP contribution in [0, 0.1) is 0 Å². The van der Waals surface area contributed by atoms with Crippen molar-refractivity contribution < 1.29 is 4.79 Å². The van der Waals surface area contributed by atoms with Gasteiger partial charge in [-0.05, 0) is 17.7 Å². The third kappa shape index (κ3) is 5.66. The molecular formula is C20H17BrO. The van der Waals surface area contributed by atoms with Gasteiger partial charge in [-0.1, -0.05) is 94.8 Å². The van der Waals surface area contributed by atoms with E-state index in [1.807, 2.05) is 91.0 Å². The van der Waals surface area contributed by atoms with Gasteiger partial charge in [0.15, 0.2) is 5.78 Å². The zero-order valence-electron chi connectivity index (χ0n) is 12.2. The van der Waals surface area contributed by atoms with Crippen LogP contribution in [0.2, 0.25) is 0 Å². The number of ketones is 1. The van der Waals surface area contributed by atoms with E-state index in [0.717, 1.165) is 15.6 Å². The van der Waals surface area contributed by atoms with Crippen molar-refractivity contribution >= 4 is 21.7 Å². The molecule has 22 heavy (non-hydrogen) atoms. The fraction of sp³-hybridized carbons (Fsp3) is 0.0500. The Balaban J connectivity index is 0.000000211. The highest BCUT2D eigenvalue weighted by Gasteiger charge is 2.05. The molecule has 2 heteroatoms. The Kier molecular flexibility index (Phi) is 6.59. The summed E-state index contributed by atoms with van der Waals surface area (Å²) in [5.41, 5.74) is 1.84. The summed E-state index contributed by atoms with van der Waals surface area (Å²) in [6.45, 7) is 0. The van der Waals surface area contributed by atoms with E-state index >= 15 is 0 Å². The van der Waals surface area contributed by atoms with Gasteiger partial charge in [0.1, 0.15) is 0 Å². The first-order chi connectivity index (χ1) is 10.8. The van der Waals surface area contributed by atoms with E-state index in [4.69, 9.17) is 0 Å². The Morgan fingerprint density at radius 1 is 0.682 bits per heavy atom. The van der Waals surface area contributed by atoms with Gasteiger partial charge < -0.3 is 0 Å². The molecule has 0 saturated heterocycles. The van der Waals surface area contributed by atoms with E-state index in [9.17, 15) is 4.79 Å². The Hall–Kier alpha value is -2.19. The van der Waals surface area contributed by atoms with Crippen LogP contribution in [-0.2, 0) is 6.42 Å². The molecule has 0 radical (unpaired) electrons. The predicted octanol–water partition coefficient (Wildman–Crippen LogP) is 5.56. The molecule has 0 atom stereocenters. The molecule has 110 valence electrons. The normalized spacial score (nSPS) is 9.50. The fourth-order valence-corrected chi connectivity index (χ4v) is 2.23. The van der Waals surface area contributed by atoms with Crippen LogP contribution in [0.4, 0.5) is 0 Å². The maximum absolute atomic E-state index is 11.8. The predicted molar refractivity (Wildman–Crippen MR) is 95.1 cm³/mol. The number of carbonyl (C=O) groups is 1. The third-order valence-corrected chi connectivity index (χ3v) is 3.57. The van der Waals surface area contributed by atoms with Gasteiger partial charge in [-0.25, -0.2) is 0 Å². The van der Waals surface area contributed by atoms with Crippen molar-refractivity contribution in [3.63, 3.8) is 0 Å². The van der Waals surface area contributed by atoms with Gasteiger partial charge in [-0.2, -0.15) is 0 Å². The molecule has 0 aromatic heterocycles.